The lowest BCUT2D eigenvalue weighted by atomic mass is 9.54. The molecule has 3 rings (SSSR count). The van der Waals surface area contributed by atoms with E-state index >= 15 is 0 Å². The molecular weight excluding hydrogens is 164 g/mol. The van der Waals surface area contributed by atoms with Crippen LogP contribution in [0.4, 0.5) is 0 Å². The molecule has 1 saturated heterocycles. The van der Waals surface area contributed by atoms with Gasteiger partial charge in [-0.1, -0.05) is 12.8 Å². The fourth-order valence-corrected chi connectivity index (χ4v) is 3.81. The van der Waals surface area contributed by atoms with E-state index in [0.29, 0.717) is 12.0 Å². The van der Waals surface area contributed by atoms with Gasteiger partial charge in [0.1, 0.15) is 0 Å². The summed E-state index contributed by atoms with van der Waals surface area (Å²) in [5.74, 6) is 0.479. The van der Waals surface area contributed by atoms with Crippen LogP contribution in [0.1, 0.15) is 38.5 Å². The zero-order valence-corrected chi connectivity index (χ0v) is 8.04. The van der Waals surface area contributed by atoms with Gasteiger partial charge in [-0.05, 0) is 25.7 Å². The van der Waals surface area contributed by atoms with Crippen LogP contribution in [0.2, 0.25) is 0 Å². The van der Waals surface area contributed by atoms with Crippen molar-refractivity contribution in [1.82, 2.24) is 0 Å². The SMILES string of the molecule is O[C@@H]1[C@H]2CCCO[C@H]2C12CCCC2. The van der Waals surface area contributed by atoms with E-state index in [-0.39, 0.29) is 11.5 Å². The second-order valence-corrected chi connectivity index (χ2v) is 4.98. The van der Waals surface area contributed by atoms with E-state index in [1.54, 1.807) is 0 Å². The quantitative estimate of drug-likeness (QED) is 0.618. The molecule has 0 aromatic carbocycles. The fraction of sp³-hybridized carbons (Fsp3) is 1.00. The standard InChI is InChI=1S/C11H18O2/c12-9-8-4-3-7-13-10(8)11(9)5-1-2-6-11/h8-10,12H,1-7H2/t8-,9-,10-/m1/s1. The topological polar surface area (TPSA) is 29.5 Å². The molecule has 0 aromatic heterocycles. The van der Waals surface area contributed by atoms with E-state index in [0.717, 1.165) is 13.0 Å². The van der Waals surface area contributed by atoms with Crippen molar-refractivity contribution in [2.24, 2.45) is 11.3 Å². The van der Waals surface area contributed by atoms with Gasteiger partial charge in [-0.2, -0.15) is 0 Å². The normalized spacial score (nSPS) is 47.3. The van der Waals surface area contributed by atoms with Crippen LogP contribution < -0.4 is 0 Å². The first-order valence-corrected chi connectivity index (χ1v) is 5.64. The minimum atomic E-state index is -0.0414. The molecule has 74 valence electrons. The Labute approximate surface area is 79.3 Å². The van der Waals surface area contributed by atoms with Gasteiger partial charge in [0.2, 0.25) is 0 Å². The summed E-state index contributed by atoms with van der Waals surface area (Å²) in [5, 5.41) is 10.1. The highest BCUT2D eigenvalue weighted by Crippen LogP contribution is 2.59. The van der Waals surface area contributed by atoms with Crippen molar-refractivity contribution in [2.45, 2.75) is 50.7 Å². The van der Waals surface area contributed by atoms with Crippen molar-refractivity contribution < 1.29 is 9.84 Å². The summed E-state index contributed by atoms with van der Waals surface area (Å²) in [6.45, 7) is 0.926. The third-order valence-corrected chi connectivity index (χ3v) is 4.46. The van der Waals surface area contributed by atoms with Gasteiger partial charge in [-0.25, -0.2) is 0 Å². The molecule has 2 aliphatic carbocycles. The molecule has 1 N–H and O–H groups in total. The highest BCUT2D eigenvalue weighted by Gasteiger charge is 2.63. The fourth-order valence-electron chi connectivity index (χ4n) is 3.81. The van der Waals surface area contributed by atoms with Gasteiger partial charge in [0, 0.05) is 17.9 Å². The molecule has 2 saturated carbocycles. The highest BCUT2D eigenvalue weighted by molar-refractivity contribution is 5.12. The van der Waals surface area contributed by atoms with Crippen molar-refractivity contribution >= 4 is 0 Å². The molecule has 2 nitrogen and oxygen atoms in total. The molecular formula is C11H18O2. The Morgan fingerprint density at radius 3 is 2.69 bits per heavy atom. The second kappa shape index (κ2) is 2.71. The van der Waals surface area contributed by atoms with Gasteiger partial charge in [-0.15, -0.1) is 0 Å². The predicted octanol–water partition coefficient (Wildman–Crippen LogP) is 1.72. The summed E-state index contributed by atoms with van der Waals surface area (Å²) in [6.07, 6.45) is 7.71. The van der Waals surface area contributed by atoms with Crippen molar-refractivity contribution in [2.75, 3.05) is 6.61 Å². The van der Waals surface area contributed by atoms with Gasteiger partial charge < -0.3 is 9.84 Å². The highest BCUT2D eigenvalue weighted by atomic mass is 16.5. The van der Waals surface area contributed by atoms with Crippen LogP contribution in [0.15, 0.2) is 0 Å². The zero-order chi connectivity index (χ0) is 8.89. The lowest BCUT2D eigenvalue weighted by molar-refractivity contribution is -0.256. The third kappa shape index (κ3) is 0.909. The number of fused-ring (bicyclic) bond motifs is 2. The molecule has 0 unspecified atom stereocenters. The lowest BCUT2D eigenvalue weighted by Gasteiger charge is -2.59. The predicted molar refractivity (Wildman–Crippen MR) is 49.4 cm³/mol. The first-order valence-electron chi connectivity index (χ1n) is 5.64. The number of hydrogen-bond donors (Lipinski definition) is 1. The summed E-state index contributed by atoms with van der Waals surface area (Å²) < 4.78 is 5.83. The van der Waals surface area contributed by atoms with E-state index in [1.807, 2.05) is 0 Å². The van der Waals surface area contributed by atoms with E-state index in [2.05, 4.69) is 0 Å². The van der Waals surface area contributed by atoms with Crippen molar-refractivity contribution in [3.05, 3.63) is 0 Å². The summed E-state index contributed by atoms with van der Waals surface area (Å²) in [7, 11) is 0. The third-order valence-electron chi connectivity index (χ3n) is 4.46. The summed E-state index contributed by atoms with van der Waals surface area (Å²) in [4.78, 5) is 0. The monoisotopic (exact) mass is 182 g/mol. The van der Waals surface area contributed by atoms with Crippen LogP contribution in [-0.4, -0.2) is 23.9 Å². The van der Waals surface area contributed by atoms with Gasteiger partial charge in [0.25, 0.3) is 0 Å². The molecule has 0 amide bonds. The first-order chi connectivity index (χ1) is 6.34. The van der Waals surface area contributed by atoms with Crippen LogP contribution in [0.3, 0.4) is 0 Å². The minimum Gasteiger partial charge on any atom is -0.392 e. The molecule has 1 heterocycles. The van der Waals surface area contributed by atoms with E-state index in [4.69, 9.17) is 4.74 Å². The molecule has 0 aromatic rings. The number of hydrogen-bond acceptors (Lipinski definition) is 2. The molecule has 3 atom stereocenters. The van der Waals surface area contributed by atoms with E-state index < -0.39 is 0 Å². The van der Waals surface area contributed by atoms with Gasteiger partial charge >= 0.3 is 0 Å². The van der Waals surface area contributed by atoms with Crippen LogP contribution in [0, 0.1) is 11.3 Å². The Balaban J connectivity index is 1.82. The Hall–Kier alpha value is -0.0800. The Morgan fingerprint density at radius 2 is 1.92 bits per heavy atom. The van der Waals surface area contributed by atoms with Gasteiger partial charge in [-0.3, -0.25) is 0 Å². The maximum atomic E-state index is 10.1. The summed E-state index contributed by atoms with van der Waals surface area (Å²) in [6, 6.07) is 0. The van der Waals surface area contributed by atoms with Crippen molar-refractivity contribution in [3.63, 3.8) is 0 Å². The largest absolute Gasteiger partial charge is 0.392 e. The van der Waals surface area contributed by atoms with Crippen molar-refractivity contribution in [3.8, 4) is 0 Å². The zero-order valence-electron chi connectivity index (χ0n) is 8.04. The summed E-state index contributed by atoms with van der Waals surface area (Å²) in [5.41, 5.74) is 0.199. The Kier molecular flexibility index (Phi) is 1.72. The molecule has 0 radical (unpaired) electrons. The Bertz CT molecular complexity index is 208. The van der Waals surface area contributed by atoms with Crippen LogP contribution in [0.25, 0.3) is 0 Å². The summed E-state index contributed by atoms with van der Waals surface area (Å²) >= 11 is 0. The molecule has 1 spiro atoms. The van der Waals surface area contributed by atoms with Gasteiger partial charge in [0.15, 0.2) is 0 Å². The van der Waals surface area contributed by atoms with Crippen LogP contribution >= 0.6 is 0 Å². The lowest BCUT2D eigenvalue weighted by Crippen LogP contribution is -2.65. The minimum absolute atomic E-state index is 0.0414. The first kappa shape index (κ1) is 8.25. The number of ether oxygens (including phenoxy) is 1. The van der Waals surface area contributed by atoms with E-state index in [1.165, 1.54) is 32.1 Å². The molecule has 1 aliphatic heterocycles. The average Bonchev–Trinajstić information content (AvgIpc) is 2.68. The number of aliphatic hydroxyl groups is 1. The molecule has 3 fully saturated rings. The number of rotatable bonds is 0. The second-order valence-electron chi connectivity index (χ2n) is 4.98. The van der Waals surface area contributed by atoms with Gasteiger partial charge in [0.05, 0.1) is 12.2 Å². The maximum Gasteiger partial charge on any atom is 0.0709 e. The Morgan fingerprint density at radius 1 is 1.15 bits per heavy atom. The van der Waals surface area contributed by atoms with E-state index in [9.17, 15) is 5.11 Å². The average molecular weight is 182 g/mol. The molecule has 3 aliphatic rings. The maximum absolute atomic E-state index is 10.1. The molecule has 2 heteroatoms. The van der Waals surface area contributed by atoms with Crippen LogP contribution in [0.5, 0.6) is 0 Å². The van der Waals surface area contributed by atoms with Crippen LogP contribution in [-0.2, 0) is 4.74 Å². The molecule has 0 bridgehead atoms. The van der Waals surface area contributed by atoms with Crippen molar-refractivity contribution in [1.29, 1.82) is 0 Å². The smallest absolute Gasteiger partial charge is 0.0709 e. The molecule has 13 heavy (non-hydrogen) atoms. The number of aliphatic hydroxyl groups excluding tert-OH is 1.